The molecule has 2 rings (SSSR count). The molecule has 5 heteroatoms. The van der Waals surface area contributed by atoms with Crippen LogP contribution in [0.3, 0.4) is 0 Å². The van der Waals surface area contributed by atoms with Crippen molar-refractivity contribution in [3.63, 3.8) is 0 Å². The molecule has 2 unspecified atom stereocenters. The lowest BCUT2D eigenvalue weighted by atomic mass is 9.95. The Kier molecular flexibility index (Phi) is 3.78. The number of hydrogen-bond donors (Lipinski definition) is 1. The van der Waals surface area contributed by atoms with E-state index in [9.17, 15) is 13.2 Å². The van der Waals surface area contributed by atoms with Gasteiger partial charge >= 0.3 is 6.18 Å². The van der Waals surface area contributed by atoms with Crippen molar-refractivity contribution < 1.29 is 13.2 Å². The van der Waals surface area contributed by atoms with Crippen molar-refractivity contribution >= 4 is 0 Å². The first-order valence-corrected chi connectivity index (χ1v) is 6.18. The van der Waals surface area contributed by atoms with Gasteiger partial charge in [0.25, 0.3) is 0 Å². The van der Waals surface area contributed by atoms with Gasteiger partial charge in [0.15, 0.2) is 0 Å². The number of nitrogens with two attached hydrogens (primary N) is 1. The monoisotopic (exact) mass is 248 g/mol. The van der Waals surface area contributed by atoms with E-state index in [1.54, 1.807) is 0 Å². The van der Waals surface area contributed by atoms with E-state index < -0.39 is 12.1 Å². The van der Waals surface area contributed by atoms with Crippen molar-refractivity contribution in [2.75, 3.05) is 19.6 Å². The summed E-state index contributed by atoms with van der Waals surface area (Å²) in [4.78, 5) is 2.13. The molecule has 0 bridgehead atoms. The Morgan fingerprint density at radius 3 is 2.29 bits per heavy atom. The zero-order valence-electron chi connectivity index (χ0n) is 9.79. The fourth-order valence-corrected chi connectivity index (χ4v) is 2.72. The van der Waals surface area contributed by atoms with Crippen LogP contribution in [-0.4, -0.2) is 36.8 Å². The maximum Gasteiger partial charge on any atom is 0.391 e. The van der Waals surface area contributed by atoms with Gasteiger partial charge in [-0.2, -0.15) is 13.2 Å². The number of halogens is 3. The van der Waals surface area contributed by atoms with Gasteiger partial charge in [-0.15, -0.1) is 0 Å². The molecule has 1 saturated heterocycles. The first-order chi connectivity index (χ1) is 7.95. The minimum absolute atomic E-state index is 0.132. The van der Waals surface area contributed by atoms with Gasteiger partial charge in [-0.05, 0) is 38.3 Å². The molecule has 1 aliphatic carbocycles. The predicted molar refractivity (Wildman–Crippen MR) is 60.4 cm³/mol. The highest BCUT2D eigenvalue weighted by Crippen LogP contribution is 2.34. The molecule has 0 aromatic heterocycles. The van der Waals surface area contributed by atoms with E-state index in [1.807, 2.05) is 6.08 Å². The van der Waals surface area contributed by atoms with Crippen molar-refractivity contribution in [3.8, 4) is 0 Å². The molecule has 1 fully saturated rings. The second kappa shape index (κ2) is 4.98. The van der Waals surface area contributed by atoms with E-state index in [0.29, 0.717) is 19.0 Å². The van der Waals surface area contributed by atoms with E-state index in [2.05, 4.69) is 11.0 Å². The number of likely N-dealkylation sites (tertiary alicyclic amines) is 1. The summed E-state index contributed by atoms with van der Waals surface area (Å²) in [5.41, 5.74) is 5.76. The van der Waals surface area contributed by atoms with Crippen LogP contribution < -0.4 is 5.73 Å². The average Bonchev–Trinajstić information content (AvgIpc) is 2.63. The topological polar surface area (TPSA) is 29.3 Å². The van der Waals surface area contributed by atoms with Crippen LogP contribution in [0.4, 0.5) is 13.2 Å². The first-order valence-electron chi connectivity index (χ1n) is 6.18. The number of piperidine rings is 1. The molecule has 1 heterocycles. The molecular formula is C12H19F3N2. The Bertz CT molecular complexity index is 280. The normalized spacial score (nSPS) is 32.2. The second-order valence-corrected chi connectivity index (χ2v) is 5.16. The molecular weight excluding hydrogens is 229 g/mol. The Hall–Kier alpha value is -0.550. The van der Waals surface area contributed by atoms with Gasteiger partial charge in [-0.1, -0.05) is 12.2 Å². The predicted octanol–water partition coefficient (Wildman–Crippen LogP) is 2.16. The van der Waals surface area contributed by atoms with E-state index in [1.165, 1.54) is 0 Å². The van der Waals surface area contributed by atoms with Crippen LogP contribution in [0.5, 0.6) is 0 Å². The lowest BCUT2D eigenvalue weighted by Crippen LogP contribution is -2.40. The molecule has 0 saturated carbocycles. The summed E-state index contributed by atoms with van der Waals surface area (Å²) >= 11 is 0. The highest BCUT2D eigenvalue weighted by Gasteiger charge is 2.41. The van der Waals surface area contributed by atoms with E-state index in [0.717, 1.165) is 13.0 Å². The average molecular weight is 248 g/mol. The molecule has 0 aromatic carbocycles. The van der Waals surface area contributed by atoms with Gasteiger partial charge in [0.1, 0.15) is 0 Å². The Labute approximate surface area is 99.6 Å². The Balaban J connectivity index is 1.74. The fraction of sp³-hybridized carbons (Fsp3) is 0.833. The van der Waals surface area contributed by atoms with E-state index in [-0.39, 0.29) is 18.9 Å². The van der Waals surface area contributed by atoms with Crippen LogP contribution in [0.1, 0.15) is 19.3 Å². The van der Waals surface area contributed by atoms with Crippen LogP contribution >= 0.6 is 0 Å². The van der Waals surface area contributed by atoms with E-state index >= 15 is 0 Å². The zero-order chi connectivity index (χ0) is 12.5. The molecule has 17 heavy (non-hydrogen) atoms. The lowest BCUT2D eigenvalue weighted by molar-refractivity contribution is -0.185. The number of alkyl halides is 3. The van der Waals surface area contributed by atoms with Crippen molar-refractivity contribution in [1.82, 2.24) is 4.90 Å². The quantitative estimate of drug-likeness (QED) is 0.759. The maximum absolute atomic E-state index is 12.5. The van der Waals surface area contributed by atoms with Gasteiger partial charge < -0.3 is 10.6 Å². The fourth-order valence-electron chi connectivity index (χ4n) is 2.72. The first kappa shape index (κ1) is 12.9. The van der Waals surface area contributed by atoms with Crippen LogP contribution in [-0.2, 0) is 0 Å². The maximum atomic E-state index is 12.5. The van der Waals surface area contributed by atoms with Gasteiger partial charge in [0.2, 0.25) is 0 Å². The van der Waals surface area contributed by atoms with Gasteiger partial charge in [-0.3, -0.25) is 0 Å². The van der Waals surface area contributed by atoms with Crippen LogP contribution in [0, 0.1) is 11.8 Å². The summed E-state index contributed by atoms with van der Waals surface area (Å²) in [5.74, 6) is -0.674. The van der Waals surface area contributed by atoms with Crippen molar-refractivity contribution in [2.24, 2.45) is 17.6 Å². The molecule has 0 amide bonds. The van der Waals surface area contributed by atoms with Gasteiger partial charge in [-0.25, -0.2) is 0 Å². The molecule has 98 valence electrons. The molecule has 0 aromatic rings. The van der Waals surface area contributed by atoms with Crippen molar-refractivity contribution in [1.29, 1.82) is 0 Å². The minimum Gasteiger partial charge on any atom is -0.324 e. The number of rotatable bonds is 2. The molecule has 1 aliphatic heterocycles. The molecule has 2 nitrogen and oxygen atoms in total. The standard InChI is InChI=1S/C12H19F3N2/c13-12(14,15)10-3-5-17(6-4-10)8-9-1-2-11(16)7-9/h1-2,9-11H,3-8,16H2. The largest absolute Gasteiger partial charge is 0.391 e. The summed E-state index contributed by atoms with van der Waals surface area (Å²) < 4.78 is 37.4. The third-order valence-corrected chi connectivity index (χ3v) is 3.75. The van der Waals surface area contributed by atoms with Crippen molar-refractivity contribution in [2.45, 2.75) is 31.5 Å². The number of hydrogen-bond acceptors (Lipinski definition) is 2. The van der Waals surface area contributed by atoms with Crippen LogP contribution in [0.25, 0.3) is 0 Å². The SMILES string of the molecule is NC1C=CC(CN2CCC(C(F)(F)F)CC2)C1. The summed E-state index contributed by atoms with van der Waals surface area (Å²) in [5, 5.41) is 0. The lowest BCUT2D eigenvalue weighted by Gasteiger charge is -2.34. The van der Waals surface area contributed by atoms with Crippen LogP contribution in [0.15, 0.2) is 12.2 Å². The molecule has 2 atom stereocenters. The molecule has 0 spiro atoms. The smallest absolute Gasteiger partial charge is 0.324 e. The summed E-state index contributed by atoms with van der Waals surface area (Å²) in [6, 6.07) is 0.132. The summed E-state index contributed by atoms with van der Waals surface area (Å²) in [6.45, 7) is 1.97. The molecule has 2 aliphatic rings. The molecule has 2 N–H and O–H groups in total. The number of nitrogens with zero attached hydrogens (tertiary/aromatic N) is 1. The second-order valence-electron chi connectivity index (χ2n) is 5.16. The molecule has 0 radical (unpaired) electrons. The van der Waals surface area contributed by atoms with Crippen LogP contribution in [0.2, 0.25) is 0 Å². The van der Waals surface area contributed by atoms with Gasteiger partial charge in [0.05, 0.1) is 5.92 Å². The third-order valence-electron chi connectivity index (χ3n) is 3.75. The Morgan fingerprint density at radius 1 is 1.18 bits per heavy atom. The Morgan fingerprint density at radius 2 is 1.82 bits per heavy atom. The summed E-state index contributed by atoms with van der Waals surface area (Å²) in [6.07, 6.45) is 1.49. The zero-order valence-corrected chi connectivity index (χ0v) is 9.79. The highest BCUT2D eigenvalue weighted by atomic mass is 19.4. The minimum atomic E-state index is -4.01. The summed E-state index contributed by atoms with van der Waals surface area (Å²) in [7, 11) is 0. The highest BCUT2D eigenvalue weighted by molar-refractivity contribution is 5.05. The third kappa shape index (κ3) is 3.45. The van der Waals surface area contributed by atoms with Crippen molar-refractivity contribution in [3.05, 3.63) is 12.2 Å². The van der Waals surface area contributed by atoms with Gasteiger partial charge in [0, 0.05) is 12.6 Å². The van der Waals surface area contributed by atoms with E-state index in [4.69, 9.17) is 5.73 Å².